The maximum absolute atomic E-state index is 5.67. The Kier molecular flexibility index (Phi) is 4.05. The normalized spacial score (nSPS) is 10.9. The van der Waals surface area contributed by atoms with E-state index in [2.05, 4.69) is 10.3 Å². The van der Waals surface area contributed by atoms with Crippen molar-refractivity contribution in [2.75, 3.05) is 19.4 Å². The molecule has 0 heterocycles. The third-order valence-electron chi connectivity index (χ3n) is 1.64. The molecule has 0 spiro atoms. The highest BCUT2D eigenvalue weighted by Crippen LogP contribution is 2.03. The molecule has 0 aliphatic heterocycles. The van der Waals surface area contributed by atoms with Crippen molar-refractivity contribution in [3.8, 4) is 0 Å². The number of anilines is 1. The number of aliphatic imine (C=N–C) groups is 1. The molecule has 5 heteroatoms. The van der Waals surface area contributed by atoms with Gasteiger partial charge in [0.15, 0.2) is 5.11 Å². The van der Waals surface area contributed by atoms with Gasteiger partial charge in [0.1, 0.15) is 0 Å². The highest BCUT2D eigenvalue weighted by Gasteiger charge is 1.98. The Morgan fingerprint density at radius 2 is 1.93 bits per heavy atom. The van der Waals surface area contributed by atoms with Gasteiger partial charge in [0.05, 0.1) is 0 Å². The van der Waals surface area contributed by atoms with E-state index >= 15 is 0 Å². The molecule has 0 aliphatic rings. The number of para-hydroxylation sites is 1. The average molecular weight is 222 g/mol. The van der Waals surface area contributed by atoms with Gasteiger partial charge in [-0.15, -0.1) is 0 Å². The van der Waals surface area contributed by atoms with Gasteiger partial charge in [-0.3, -0.25) is 0 Å². The Morgan fingerprint density at radius 1 is 1.33 bits per heavy atom. The van der Waals surface area contributed by atoms with Crippen LogP contribution in [0, 0.1) is 0 Å². The van der Waals surface area contributed by atoms with Crippen LogP contribution in [0.5, 0.6) is 0 Å². The Balaban J connectivity index is 2.63. The number of nitrogens with one attached hydrogen (secondary N) is 1. The first-order valence-electron chi connectivity index (χ1n) is 4.47. The maximum atomic E-state index is 5.67. The van der Waals surface area contributed by atoms with Crippen LogP contribution in [0.1, 0.15) is 0 Å². The van der Waals surface area contributed by atoms with Crippen molar-refractivity contribution >= 4 is 29.0 Å². The minimum Gasteiger partial charge on any atom is -0.369 e. The average Bonchev–Trinajstić information content (AvgIpc) is 2.18. The van der Waals surface area contributed by atoms with E-state index in [0.717, 1.165) is 5.69 Å². The van der Waals surface area contributed by atoms with Crippen molar-refractivity contribution in [2.45, 2.75) is 0 Å². The quantitative estimate of drug-likeness (QED) is 0.427. The highest BCUT2D eigenvalue weighted by atomic mass is 32.1. The third-order valence-corrected chi connectivity index (χ3v) is 2.10. The second-order valence-electron chi connectivity index (χ2n) is 3.17. The van der Waals surface area contributed by atoms with E-state index in [0.29, 0.717) is 11.1 Å². The molecule has 0 amide bonds. The van der Waals surface area contributed by atoms with Crippen LogP contribution >= 0.6 is 12.2 Å². The molecule has 0 fully saturated rings. The van der Waals surface area contributed by atoms with Gasteiger partial charge in [-0.2, -0.15) is 4.99 Å². The maximum Gasteiger partial charge on any atom is 0.200 e. The summed E-state index contributed by atoms with van der Waals surface area (Å²) in [5.74, 6) is 0.292. The smallest absolute Gasteiger partial charge is 0.200 e. The van der Waals surface area contributed by atoms with Crippen molar-refractivity contribution in [1.29, 1.82) is 0 Å². The lowest BCUT2D eigenvalue weighted by atomic mass is 10.3. The van der Waals surface area contributed by atoms with Crippen LogP contribution in [0.25, 0.3) is 0 Å². The molecule has 0 aliphatic carbocycles. The predicted molar refractivity (Wildman–Crippen MR) is 68.0 cm³/mol. The van der Waals surface area contributed by atoms with E-state index in [9.17, 15) is 0 Å². The summed E-state index contributed by atoms with van der Waals surface area (Å²) in [6, 6.07) is 9.57. The predicted octanol–water partition coefficient (Wildman–Crippen LogP) is 1.26. The SMILES string of the molecule is CN(C)C(=S)/N=C(\N)Nc1ccccc1. The molecule has 3 N–H and O–H groups in total. The first-order chi connectivity index (χ1) is 7.09. The summed E-state index contributed by atoms with van der Waals surface area (Å²) in [4.78, 5) is 5.73. The van der Waals surface area contributed by atoms with E-state index < -0.39 is 0 Å². The van der Waals surface area contributed by atoms with Crippen LogP contribution in [0.2, 0.25) is 0 Å². The van der Waals surface area contributed by atoms with Gasteiger partial charge < -0.3 is 16.0 Å². The topological polar surface area (TPSA) is 53.6 Å². The second-order valence-corrected chi connectivity index (χ2v) is 3.53. The van der Waals surface area contributed by atoms with Gasteiger partial charge in [-0.1, -0.05) is 18.2 Å². The molecular formula is C10H14N4S. The van der Waals surface area contributed by atoms with E-state index in [4.69, 9.17) is 18.0 Å². The van der Waals surface area contributed by atoms with Crippen LogP contribution in [-0.2, 0) is 0 Å². The summed E-state index contributed by atoms with van der Waals surface area (Å²) in [6.45, 7) is 0. The second kappa shape index (κ2) is 5.31. The first kappa shape index (κ1) is 11.5. The lowest BCUT2D eigenvalue weighted by Gasteiger charge is -2.10. The van der Waals surface area contributed by atoms with E-state index in [1.54, 1.807) is 4.90 Å². The molecule has 1 rings (SSSR count). The molecule has 0 atom stereocenters. The van der Waals surface area contributed by atoms with E-state index in [1.807, 2.05) is 44.4 Å². The summed E-state index contributed by atoms with van der Waals surface area (Å²) in [5.41, 5.74) is 6.56. The molecule has 0 radical (unpaired) electrons. The lowest BCUT2D eigenvalue weighted by Crippen LogP contribution is -2.27. The van der Waals surface area contributed by atoms with Gasteiger partial charge in [0, 0.05) is 19.8 Å². The molecule has 15 heavy (non-hydrogen) atoms. The minimum atomic E-state index is 0.292. The number of benzene rings is 1. The molecule has 0 unspecified atom stereocenters. The van der Waals surface area contributed by atoms with Gasteiger partial charge in [0.2, 0.25) is 5.96 Å². The zero-order chi connectivity index (χ0) is 11.3. The molecule has 0 bridgehead atoms. The number of hydrogen-bond acceptors (Lipinski definition) is 1. The van der Waals surface area contributed by atoms with Gasteiger partial charge in [-0.05, 0) is 24.4 Å². The lowest BCUT2D eigenvalue weighted by molar-refractivity contribution is 0.628. The standard InChI is InChI=1S/C10H14N4S/c1-14(2)10(15)13-9(11)12-8-6-4-3-5-7-8/h3-7H,1-2H3,(H3,11,12,13,15). The molecule has 0 aromatic heterocycles. The van der Waals surface area contributed by atoms with Crippen LogP contribution in [0.3, 0.4) is 0 Å². The summed E-state index contributed by atoms with van der Waals surface area (Å²) in [7, 11) is 3.64. The van der Waals surface area contributed by atoms with Crippen molar-refractivity contribution < 1.29 is 0 Å². The number of nitrogens with zero attached hydrogens (tertiary/aromatic N) is 2. The zero-order valence-corrected chi connectivity index (χ0v) is 9.58. The number of guanidine groups is 1. The zero-order valence-electron chi connectivity index (χ0n) is 8.77. The fraction of sp³-hybridized carbons (Fsp3) is 0.200. The molecular weight excluding hydrogens is 208 g/mol. The highest BCUT2D eigenvalue weighted by molar-refractivity contribution is 7.80. The fourth-order valence-electron chi connectivity index (χ4n) is 0.900. The third kappa shape index (κ3) is 3.95. The summed E-state index contributed by atoms with van der Waals surface area (Å²) < 4.78 is 0. The Morgan fingerprint density at radius 3 is 2.47 bits per heavy atom. The molecule has 0 saturated carbocycles. The van der Waals surface area contributed by atoms with Crippen molar-refractivity contribution in [2.24, 2.45) is 10.7 Å². The van der Waals surface area contributed by atoms with Crippen LogP contribution in [0.4, 0.5) is 5.69 Å². The first-order valence-corrected chi connectivity index (χ1v) is 4.88. The van der Waals surface area contributed by atoms with Gasteiger partial charge >= 0.3 is 0 Å². The minimum absolute atomic E-state index is 0.292. The molecule has 4 nitrogen and oxygen atoms in total. The monoisotopic (exact) mass is 222 g/mol. The summed E-state index contributed by atoms with van der Waals surface area (Å²) in [5, 5.41) is 3.38. The summed E-state index contributed by atoms with van der Waals surface area (Å²) in [6.07, 6.45) is 0. The number of hydrogen-bond donors (Lipinski definition) is 2. The molecule has 0 saturated heterocycles. The van der Waals surface area contributed by atoms with Crippen LogP contribution in [0.15, 0.2) is 35.3 Å². The van der Waals surface area contributed by atoms with Crippen molar-refractivity contribution in [3.05, 3.63) is 30.3 Å². The largest absolute Gasteiger partial charge is 0.369 e. The fourth-order valence-corrected chi connectivity index (χ4v) is 0.999. The van der Waals surface area contributed by atoms with E-state index in [-0.39, 0.29) is 0 Å². The van der Waals surface area contributed by atoms with E-state index in [1.165, 1.54) is 0 Å². The van der Waals surface area contributed by atoms with Crippen molar-refractivity contribution in [1.82, 2.24) is 4.90 Å². The summed E-state index contributed by atoms with van der Waals surface area (Å²) >= 11 is 4.99. The molecule has 80 valence electrons. The number of rotatable bonds is 1. The van der Waals surface area contributed by atoms with Gasteiger partial charge in [0.25, 0.3) is 0 Å². The number of thiocarbonyl (C=S) groups is 1. The molecule has 1 aromatic rings. The van der Waals surface area contributed by atoms with Crippen LogP contribution < -0.4 is 11.1 Å². The van der Waals surface area contributed by atoms with Crippen LogP contribution in [-0.4, -0.2) is 30.1 Å². The Labute approximate surface area is 94.8 Å². The van der Waals surface area contributed by atoms with Crippen molar-refractivity contribution in [3.63, 3.8) is 0 Å². The Hall–Kier alpha value is -1.62. The number of nitrogens with two attached hydrogens (primary N) is 1. The van der Waals surface area contributed by atoms with Gasteiger partial charge in [-0.25, -0.2) is 0 Å². The molecule has 1 aromatic carbocycles. The Bertz CT molecular complexity index is 359.